The monoisotopic (exact) mass is 504 g/mol. The maximum absolute atomic E-state index is 12.5. The molecular weight excluding hydrogens is 472 g/mol. The highest BCUT2D eigenvalue weighted by Crippen LogP contribution is 2.65. The molecule has 2 aromatic rings. The third kappa shape index (κ3) is 3.27. The van der Waals surface area contributed by atoms with Crippen LogP contribution in [-0.2, 0) is 29.7 Å². The fourth-order valence-corrected chi connectivity index (χ4v) is 7.82. The SMILES string of the molecule is Oc1ccc2c3c1O[C@H]1[C@H](OCc4cccc(CN=C=S)c4)CC[C@@]4(O)[C@@H](C2)N(CC2CC2)CC[C@]314. The van der Waals surface area contributed by atoms with E-state index in [2.05, 4.69) is 27.2 Å². The van der Waals surface area contributed by atoms with Crippen LogP contribution in [0.1, 0.15) is 54.4 Å². The van der Waals surface area contributed by atoms with Crippen LogP contribution in [-0.4, -0.2) is 57.2 Å². The highest BCUT2D eigenvalue weighted by atomic mass is 32.1. The van der Waals surface area contributed by atoms with Gasteiger partial charge in [-0.05, 0) is 86.0 Å². The predicted octanol–water partition coefficient (Wildman–Crippen LogP) is 4.14. The molecule has 2 bridgehead atoms. The second-order valence-corrected chi connectivity index (χ2v) is 11.6. The molecule has 7 rings (SSSR count). The number of isothiocyanates is 1. The molecule has 2 saturated carbocycles. The van der Waals surface area contributed by atoms with E-state index in [-0.39, 0.29) is 24.0 Å². The van der Waals surface area contributed by atoms with Crippen molar-refractivity contribution in [3.8, 4) is 11.5 Å². The van der Waals surface area contributed by atoms with Crippen molar-refractivity contribution in [3.63, 3.8) is 0 Å². The van der Waals surface area contributed by atoms with Gasteiger partial charge in [0.05, 0.1) is 35.4 Å². The summed E-state index contributed by atoms with van der Waals surface area (Å²) in [7, 11) is 0. The average molecular weight is 505 g/mol. The van der Waals surface area contributed by atoms with Crippen molar-refractivity contribution in [2.45, 2.75) is 80.9 Å². The first kappa shape index (κ1) is 22.9. The first-order valence-electron chi connectivity index (χ1n) is 13.2. The number of piperidine rings is 1. The Bertz CT molecular complexity index is 1260. The number of thiocarbonyl (C=S) groups is 1. The number of likely N-dealkylation sites (tertiary alicyclic amines) is 1. The van der Waals surface area contributed by atoms with Crippen LogP contribution in [0.25, 0.3) is 0 Å². The second-order valence-electron chi connectivity index (χ2n) is 11.4. The van der Waals surface area contributed by atoms with Crippen molar-refractivity contribution >= 4 is 17.4 Å². The van der Waals surface area contributed by atoms with E-state index in [1.165, 1.54) is 18.4 Å². The number of phenolic OH excluding ortho intramolecular Hbond substituents is 1. The molecule has 7 heteroatoms. The van der Waals surface area contributed by atoms with Crippen LogP contribution in [0.3, 0.4) is 0 Å². The molecule has 36 heavy (non-hydrogen) atoms. The maximum atomic E-state index is 12.5. The summed E-state index contributed by atoms with van der Waals surface area (Å²) in [4.78, 5) is 6.61. The Labute approximate surface area is 216 Å². The lowest BCUT2D eigenvalue weighted by Crippen LogP contribution is -2.77. The Hall–Kier alpha value is -2.28. The van der Waals surface area contributed by atoms with Gasteiger partial charge in [0.2, 0.25) is 0 Å². The highest BCUT2D eigenvalue weighted by molar-refractivity contribution is 7.78. The lowest BCUT2D eigenvalue weighted by molar-refractivity contribution is -0.217. The average Bonchev–Trinajstić information content (AvgIpc) is 3.62. The van der Waals surface area contributed by atoms with E-state index in [1.54, 1.807) is 6.07 Å². The molecule has 3 fully saturated rings. The predicted molar refractivity (Wildman–Crippen MR) is 139 cm³/mol. The van der Waals surface area contributed by atoms with Gasteiger partial charge in [-0.3, -0.25) is 4.90 Å². The van der Waals surface area contributed by atoms with Gasteiger partial charge in [0.25, 0.3) is 0 Å². The number of rotatable bonds is 7. The molecule has 0 unspecified atom stereocenters. The summed E-state index contributed by atoms with van der Waals surface area (Å²) >= 11 is 4.70. The summed E-state index contributed by atoms with van der Waals surface area (Å²) in [5.74, 6) is 1.52. The Morgan fingerprint density at radius 1 is 1.17 bits per heavy atom. The van der Waals surface area contributed by atoms with Gasteiger partial charge in [-0.2, -0.15) is 0 Å². The van der Waals surface area contributed by atoms with Crippen LogP contribution in [0.4, 0.5) is 0 Å². The van der Waals surface area contributed by atoms with Crippen molar-refractivity contribution in [2.24, 2.45) is 10.9 Å². The quantitative estimate of drug-likeness (QED) is 0.436. The smallest absolute Gasteiger partial charge is 0.165 e. The molecule has 2 heterocycles. The molecule has 6 nitrogen and oxygen atoms in total. The van der Waals surface area contributed by atoms with E-state index in [1.807, 2.05) is 18.2 Å². The van der Waals surface area contributed by atoms with Gasteiger partial charge in [0, 0.05) is 18.2 Å². The third-order valence-corrected chi connectivity index (χ3v) is 9.62. The molecule has 1 saturated heterocycles. The number of hydrogen-bond donors (Lipinski definition) is 2. The van der Waals surface area contributed by atoms with Crippen LogP contribution < -0.4 is 4.74 Å². The van der Waals surface area contributed by atoms with Crippen LogP contribution in [0, 0.1) is 5.92 Å². The van der Waals surface area contributed by atoms with Crippen LogP contribution >= 0.6 is 12.2 Å². The number of aromatic hydroxyl groups is 1. The van der Waals surface area contributed by atoms with Crippen LogP contribution in [0.2, 0.25) is 0 Å². The number of aliphatic imine (C=N–C) groups is 1. The largest absolute Gasteiger partial charge is 0.504 e. The fourth-order valence-electron chi connectivity index (χ4n) is 7.75. The van der Waals surface area contributed by atoms with Gasteiger partial charge in [0.1, 0.15) is 6.10 Å². The summed E-state index contributed by atoms with van der Waals surface area (Å²) in [5, 5.41) is 25.8. The number of ether oxygens (including phenoxy) is 2. The van der Waals surface area contributed by atoms with E-state index in [4.69, 9.17) is 21.7 Å². The minimum absolute atomic E-state index is 0.0836. The molecule has 0 amide bonds. The summed E-state index contributed by atoms with van der Waals surface area (Å²) < 4.78 is 13.2. The molecule has 5 atom stereocenters. The molecule has 0 radical (unpaired) electrons. The van der Waals surface area contributed by atoms with Gasteiger partial charge in [-0.15, -0.1) is 0 Å². The van der Waals surface area contributed by atoms with Crippen molar-refractivity contribution in [1.82, 2.24) is 4.90 Å². The Kier molecular flexibility index (Phi) is 5.32. The van der Waals surface area contributed by atoms with Gasteiger partial charge in [-0.25, -0.2) is 4.99 Å². The number of hydrogen-bond acceptors (Lipinski definition) is 7. The molecule has 188 valence electrons. The molecule has 2 aromatic carbocycles. The van der Waals surface area contributed by atoms with Gasteiger partial charge < -0.3 is 19.7 Å². The second kappa shape index (κ2) is 8.37. The van der Waals surface area contributed by atoms with Crippen molar-refractivity contribution in [2.75, 3.05) is 13.1 Å². The van der Waals surface area contributed by atoms with Gasteiger partial charge in [0.15, 0.2) is 11.5 Å². The molecule has 3 aliphatic carbocycles. The zero-order valence-corrected chi connectivity index (χ0v) is 21.2. The summed E-state index contributed by atoms with van der Waals surface area (Å²) in [5.41, 5.74) is 2.99. The van der Waals surface area contributed by atoms with E-state index < -0.39 is 11.0 Å². The van der Waals surface area contributed by atoms with Crippen molar-refractivity contribution in [3.05, 3.63) is 58.7 Å². The fraction of sp³-hybridized carbons (Fsp3) is 0.552. The molecule has 1 spiro atoms. The Morgan fingerprint density at radius 3 is 2.86 bits per heavy atom. The lowest BCUT2D eigenvalue weighted by atomic mass is 9.48. The number of benzene rings is 2. The minimum atomic E-state index is -0.880. The molecule has 2 N–H and O–H groups in total. The Morgan fingerprint density at radius 2 is 2.03 bits per heavy atom. The lowest BCUT2D eigenvalue weighted by Gasteiger charge is -2.64. The summed E-state index contributed by atoms with van der Waals surface area (Å²) in [6, 6.07) is 12.1. The topological polar surface area (TPSA) is 74.5 Å². The van der Waals surface area contributed by atoms with E-state index in [9.17, 15) is 10.2 Å². The maximum Gasteiger partial charge on any atom is 0.165 e. The highest BCUT2D eigenvalue weighted by Gasteiger charge is 2.73. The van der Waals surface area contributed by atoms with Crippen molar-refractivity contribution < 1.29 is 19.7 Å². The third-order valence-electron chi connectivity index (χ3n) is 9.49. The molecule has 5 aliphatic rings. The van der Waals surface area contributed by atoms with Gasteiger partial charge in [-0.1, -0.05) is 30.3 Å². The number of nitrogens with zero attached hydrogens (tertiary/aromatic N) is 2. The Balaban J connectivity index is 1.22. The van der Waals surface area contributed by atoms with Crippen molar-refractivity contribution in [1.29, 1.82) is 0 Å². The van der Waals surface area contributed by atoms with Gasteiger partial charge >= 0.3 is 0 Å². The van der Waals surface area contributed by atoms with E-state index in [0.717, 1.165) is 55.0 Å². The zero-order valence-electron chi connectivity index (χ0n) is 20.4. The molecular formula is C29H32N2O4S. The standard InChI is InChI=1S/C29H32N2O4S/c32-22-7-6-21-13-24-29(33)9-8-23(34-16-20-3-1-2-19(12-20)14-30-17-36)27-28(29,25(21)26(22)35-27)10-11-31(24)15-18-4-5-18/h1-3,6-7,12,18,23-24,27,32-33H,4-5,8-11,13-16H2/t23-,24-,27+,28+,29-/m1/s1. The van der Waals surface area contributed by atoms with E-state index in [0.29, 0.717) is 25.3 Å². The number of phenols is 1. The minimum Gasteiger partial charge on any atom is -0.504 e. The number of aliphatic hydroxyl groups is 1. The molecule has 2 aliphatic heterocycles. The molecule has 0 aromatic heterocycles. The van der Waals surface area contributed by atoms with E-state index >= 15 is 0 Å². The van der Waals surface area contributed by atoms with Crippen LogP contribution in [0.5, 0.6) is 11.5 Å². The van der Waals surface area contributed by atoms with Crippen LogP contribution in [0.15, 0.2) is 41.4 Å². The summed E-state index contributed by atoms with van der Waals surface area (Å²) in [6.45, 7) is 3.00. The normalized spacial score (nSPS) is 34.0. The summed E-state index contributed by atoms with van der Waals surface area (Å²) in [6.07, 6.45) is 5.19. The zero-order chi connectivity index (χ0) is 24.5. The first-order valence-corrected chi connectivity index (χ1v) is 13.7. The first-order chi connectivity index (χ1) is 17.5.